The first-order valence-corrected chi connectivity index (χ1v) is 8.02. The molecule has 2 aromatic heterocycles. The maximum atomic E-state index is 13.0. The van der Waals surface area contributed by atoms with Crippen LogP contribution in [0.4, 0.5) is 4.39 Å². The number of hydrogen-bond donors (Lipinski definition) is 1. The molecule has 132 valence electrons. The molecule has 2 heterocycles. The van der Waals surface area contributed by atoms with Crippen molar-refractivity contribution >= 4 is 23.4 Å². The summed E-state index contributed by atoms with van der Waals surface area (Å²) in [6, 6.07) is 18.3. The average Bonchev–Trinajstić information content (AvgIpc) is 3.07. The van der Waals surface area contributed by atoms with E-state index in [1.54, 1.807) is 6.07 Å². The molecule has 0 aliphatic rings. The molecule has 0 radical (unpaired) electrons. The van der Waals surface area contributed by atoms with E-state index in [9.17, 15) is 4.39 Å². The third-order valence-corrected chi connectivity index (χ3v) is 4.21. The van der Waals surface area contributed by atoms with Gasteiger partial charge < -0.3 is 10.3 Å². The van der Waals surface area contributed by atoms with Crippen molar-refractivity contribution in [2.75, 3.05) is 0 Å². The molecule has 0 aliphatic heterocycles. The minimum atomic E-state index is -0.355. The predicted octanol–water partition coefficient (Wildman–Crippen LogP) is 4.69. The Morgan fingerprint density at radius 3 is 2.58 bits per heavy atom. The van der Waals surface area contributed by atoms with Gasteiger partial charge in [-0.05, 0) is 29.8 Å². The monoisotopic (exact) mass is 369 g/mol. The molecule has 0 bridgehead atoms. The average molecular weight is 370 g/mol. The third kappa shape index (κ3) is 3.45. The van der Waals surface area contributed by atoms with Gasteiger partial charge in [0.2, 0.25) is 0 Å². The zero-order chi connectivity index (χ0) is 17.2. The molecule has 6 heteroatoms. The van der Waals surface area contributed by atoms with Crippen molar-refractivity contribution in [2.24, 2.45) is 5.73 Å². The zero-order valence-electron chi connectivity index (χ0n) is 13.8. The molecule has 4 nitrogen and oxygen atoms in total. The van der Waals surface area contributed by atoms with Gasteiger partial charge in [0.1, 0.15) is 11.5 Å². The number of hydrogen-bond acceptors (Lipinski definition) is 4. The SMILES string of the molecule is Cl.N[C@@H](Cc1ccc(F)cn1)c1ccccc1-c1noc2ccccc12. The fourth-order valence-electron chi connectivity index (χ4n) is 2.98. The van der Waals surface area contributed by atoms with Gasteiger partial charge in [-0.25, -0.2) is 4.39 Å². The van der Waals surface area contributed by atoms with Crippen LogP contribution < -0.4 is 5.73 Å². The van der Waals surface area contributed by atoms with Crippen molar-refractivity contribution in [2.45, 2.75) is 12.5 Å². The minimum absolute atomic E-state index is 0. The fraction of sp³-hybridized carbons (Fsp3) is 0.100. The Hall–Kier alpha value is -2.76. The summed E-state index contributed by atoms with van der Waals surface area (Å²) in [5.74, 6) is -0.355. The van der Waals surface area contributed by atoms with Crippen LogP contribution in [0, 0.1) is 5.82 Å². The predicted molar refractivity (Wildman–Crippen MR) is 102 cm³/mol. The second kappa shape index (κ2) is 7.64. The van der Waals surface area contributed by atoms with Gasteiger partial charge in [0.05, 0.1) is 6.20 Å². The van der Waals surface area contributed by atoms with Crippen LogP contribution in [0.25, 0.3) is 22.2 Å². The van der Waals surface area contributed by atoms with Crippen molar-refractivity contribution < 1.29 is 8.91 Å². The zero-order valence-corrected chi connectivity index (χ0v) is 14.6. The summed E-state index contributed by atoms with van der Waals surface area (Å²) in [7, 11) is 0. The third-order valence-electron chi connectivity index (χ3n) is 4.21. The first-order chi connectivity index (χ1) is 12.2. The second-order valence-corrected chi connectivity index (χ2v) is 5.89. The fourth-order valence-corrected chi connectivity index (χ4v) is 2.98. The lowest BCUT2D eigenvalue weighted by Gasteiger charge is -2.15. The first-order valence-electron chi connectivity index (χ1n) is 8.02. The normalized spacial score (nSPS) is 11.9. The Labute approximate surface area is 156 Å². The van der Waals surface area contributed by atoms with Gasteiger partial charge in [0.15, 0.2) is 5.58 Å². The molecule has 26 heavy (non-hydrogen) atoms. The van der Waals surface area contributed by atoms with Gasteiger partial charge in [-0.2, -0.15) is 0 Å². The van der Waals surface area contributed by atoms with Crippen LogP contribution >= 0.6 is 12.4 Å². The first kappa shape index (κ1) is 18.0. The van der Waals surface area contributed by atoms with Crippen molar-refractivity contribution in [3.8, 4) is 11.3 Å². The molecule has 0 fully saturated rings. The molecule has 0 saturated carbocycles. The molecule has 2 aromatic carbocycles. The quantitative estimate of drug-likeness (QED) is 0.566. The van der Waals surface area contributed by atoms with Crippen LogP contribution in [0.1, 0.15) is 17.3 Å². The van der Waals surface area contributed by atoms with Crippen LogP contribution in [-0.4, -0.2) is 10.1 Å². The summed E-state index contributed by atoms with van der Waals surface area (Å²) in [5.41, 5.74) is 10.6. The Kier molecular flexibility index (Phi) is 5.30. The molecule has 0 saturated heterocycles. The summed E-state index contributed by atoms with van der Waals surface area (Å²) < 4.78 is 18.5. The second-order valence-electron chi connectivity index (χ2n) is 5.89. The van der Waals surface area contributed by atoms with Crippen LogP contribution in [0.3, 0.4) is 0 Å². The number of benzene rings is 2. The van der Waals surface area contributed by atoms with Gasteiger partial charge in [0, 0.05) is 29.1 Å². The molecule has 0 aliphatic carbocycles. The number of aromatic nitrogens is 2. The summed E-state index contributed by atoms with van der Waals surface area (Å²) in [6.07, 6.45) is 1.71. The molecule has 1 atom stereocenters. The summed E-state index contributed by atoms with van der Waals surface area (Å²) in [4.78, 5) is 4.10. The highest BCUT2D eigenvalue weighted by atomic mass is 35.5. The number of nitrogens with zero attached hydrogens (tertiary/aromatic N) is 2. The smallest absolute Gasteiger partial charge is 0.167 e. The van der Waals surface area contributed by atoms with Gasteiger partial charge in [-0.3, -0.25) is 4.98 Å². The van der Waals surface area contributed by atoms with Crippen molar-refractivity contribution in [3.63, 3.8) is 0 Å². The molecule has 0 unspecified atom stereocenters. The van der Waals surface area contributed by atoms with E-state index in [1.165, 1.54) is 12.3 Å². The largest absolute Gasteiger partial charge is 0.356 e. The molecular weight excluding hydrogens is 353 g/mol. The van der Waals surface area contributed by atoms with E-state index >= 15 is 0 Å². The molecule has 0 amide bonds. The van der Waals surface area contributed by atoms with Crippen LogP contribution in [0.2, 0.25) is 0 Å². The Morgan fingerprint density at radius 2 is 1.77 bits per heavy atom. The highest BCUT2D eigenvalue weighted by molar-refractivity contribution is 5.92. The highest BCUT2D eigenvalue weighted by Crippen LogP contribution is 2.33. The van der Waals surface area contributed by atoms with E-state index in [1.807, 2.05) is 48.5 Å². The van der Waals surface area contributed by atoms with Gasteiger partial charge in [0.25, 0.3) is 0 Å². The summed E-state index contributed by atoms with van der Waals surface area (Å²) in [5, 5.41) is 5.18. The number of para-hydroxylation sites is 1. The Balaban J connectivity index is 0.00000196. The van der Waals surface area contributed by atoms with E-state index < -0.39 is 0 Å². The minimum Gasteiger partial charge on any atom is -0.356 e. The highest BCUT2D eigenvalue weighted by Gasteiger charge is 2.17. The summed E-state index contributed by atoms with van der Waals surface area (Å²) >= 11 is 0. The Bertz CT molecular complexity index is 1020. The van der Waals surface area contributed by atoms with Crippen LogP contribution in [0.15, 0.2) is 71.4 Å². The van der Waals surface area contributed by atoms with E-state index in [2.05, 4.69) is 10.1 Å². The Morgan fingerprint density at radius 1 is 1.00 bits per heavy atom. The number of nitrogens with two attached hydrogens (primary N) is 1. The van der Waals surface area contributed by atoms with Crippen molar-refractivity contribution in [1.82, 2.24) is 10.1 Å². The topological polar surface area (TPSA) is 64.9 Å². The lowest BCUT2D eigenvalue weighted by molar-refractivity contribution is 0.459. The van der Waals surface area contributed by atoms with E-state index in [0.29, 0.717) is 6.42 Å². The summed E-state index contributed by atoms with van der Waals surface area (Å²) in [6.45, 7) is 0. The molecule has 2 N–H and O–H groups in total. The number of rotatable bonds is 4. The van der Waals surface area contributed by atoms with E-state index in [4.69, 9.17) is 10.3 Å². The lowest BCUT2D eigenvalue weighted by atomic mass is 9.94. The molecule has 0 spiro atoms. The molecule has 4 aromatic rings. The standard InChI is InChI=1S/C20H16FN3O.ClH/c21-13-9-10-14(23-12-13)11-18(22)15-5-1-2-6-16(15)20-17-7-3-4-8-19(17)25-24-20;/h1-10,12,18H,11,22H2;1H/t18-;/m0./s1. The maximum absolute atomic E-state index is 13.0. The van der Waals surface area contributed by atoms with Gasteiger partial charge in [-0.1, -0.05) is 41.6 Å². The van der Waals surface area contributed by atoms with E-state index in [-0.39, 0.29) is 24.3 Å². The molecule has 4 rings (SSSR count). The van der Waals surface area contributed by atoms with Crippen molar-refractivity contribution in [3.05, 3.63) is 83.9 Å². The maximum Gasteiger partial charge on any atom is 0.167 e. The van der Waals surface area contributed by atoms with E-state index in [0.717, 1.165) is 33.5 Å². The van der Waals surface area contributed by atoms with Crippen molar-refractivity contribution in [1.29, 1.82) is 0 Å². The number of pyridine rings is 1. The van der Waals surface area contributed by atoms with Gasteiger partial charge >= 0.3 is 0 Å². The number of halogens is 2. The van der Waals surface area contributed by atoms with Crippen LogP contribution in [0.5, 0.6) is 0 Å². The van der Waals surface area contributed by atoms with Gasteiger partial charge in [-0.15, -0.1) is 12.4 Å². The molecular formula is C20H17ClFN3O. The lowest BCUT2D eigenvalue weighted by Crippen LogP contribution is -2.15. The number of fused-ring (bicyclic) bond motifs is 1. The van der Waals surface area contributed by atoms with Crippen LogP contribution in [-0.2, 0) is 6.42 Å².